The van der Waals surface area contributed by atoms with E-state index in [1.807, 2.05) is 42.5 Å². The first-order chi connectivity index (χ1) is 9.70. The van der Waals surface area contributed by atoms with Crippen LogP contribution in [0.2, 0.25) is 5.02 Å². The normalized spacial score (nSPS) is 12.3. The van der Waals surface area contributed by atoms with E-state index in [1.54, 1.807) is 6.07 Å². The van der Waals surface area contributed by atoms with Gasteiger partial charge in [0, 0.05) is 16.6 Å². The SMILES string of the molecule is CCC(NCCc1ccc(Cl)cc1)c1ccccc1O. The highest BCUT2D eigenvalue weighted by Gasteiger charge is 2.11. The highest BCUT2D eigenvalue weighted by atomic mass is 35.5. The lowest BCUT2D eigenvalue weighted by Gasteiger charge is -2.18. The van der Waals surface area contributed by atoms with Crippen molar-refractivity contribution >= 4 is 11.6 Å². The topological polar surface area (TPSA) is 32.3 Å². The maximum atomic E-state index is 9.90. The molecule has 2 nitrogen and oxygen atoms in total. The largest absolute Gasteiger partial charge is 0.508 e. The number of hydrogen-bond donors (Lipinski definition) is 2. The van der Waals surface area contributed by atoms with E-state index in [9.17, 15) is 5.11 Å². The van der Waals surface area contributed by atoms with Crippen LogP contribution in [0.1, 0.15) is 30.5 Å². The smallest absolute Gasteiger partial charge is 0.120 e. The third-order valence-electron chi connectivity index (χ3n) is 3.44. The fourth-order valence-corrected chi connectivity index (χ4v) is 2.42. The number of phenolic OH excluding ortho intramolecular Hbond substituents is 1. The van der Waals surface area contributed by atoms with E-state index in [0.717, 1.165) is 30.0 Å². The van der Waals surface area contributed by atoms with E-state index in [1.165, 1.54) is 5.56 Å². The molecule has 106 valence electrons. The minimum Gasteiger partial charge on any atom is -0.508 e. The first-order valence-corrected chi connectivity index (χ1v) is 7.34. The van der Waals surface area contributed by atoms with Crippen LogP contribution >= 0.6 is 11.6 Å². The Labute approximate surface area is 125 Å². The van der Waals surface area contributed by atoms with Gasteiger partial charge in [-0.15, -0.1) is 0 Å². The molecule has 3 heteroatoms. The Hall–Kier alpha value is -1.51. The predicted molar refractivity (Wildman–Crippen MR) is 84.3 cm³/mol. The van der Waals surface area contributed by atoms with Gasteiger partial charge in [-0.25, -0.2) is 0 Å². The summed E-state index contributed by atoms with van der Waals surface area (Å²) in [5.41, 5.74) is 2.22. The monoisotopic (exact) mass is 289 g/mol. The van der Waals surface area contributed by atoms with Crippen molar-refractivity contribution in [1.82, 2.24) is 5.32 Å². The highest BCUT2D eigenvalue weighted by molar-refractivity contribution is 6.30. The van der Waals surface area contributed by atoms with Crippen molar-refractivity contribution in [2.24, 2.45) is 0 Å². The summed E-state index contributed by atoms with van der Waals surface area (Å²) in [6.45, 7) is 2.99. The molecule has 2 rings (SSSR count). The van der Waals surface area contributed by atoms with Gasteiger partial charge in [-0.05, 0) is 43.1 Å². The van der Waals surface area contributed by atoms with Gasteiger partial charge in [0.05, 0.1) is 0 Å². The quantitative estimate of drug-likeness (QED) is 0.829. The number of para-hydroxylation sites is 1. The predicted octanol–water partition coefficient (Wildman–Crippen LogP) is 4.33. The average Bonchev–Trinajstić information content (AvgIpc) is 2.47. The van der Waals surface area contributed by atoms with Crippen LogP contribution in [0.25, 0.3) is 0 Å². The van der Waals surface area contributed by atoms with Crippen LogP contribution in [0.15, 0.2) is 48.5 Å². The number of phenols is 1. The van der Waals surface area contributed by atoms with Crippen LogP contribution in [0.5, 0.6) is 5.75 Å². The summed E-state index contributed by atoms with van der Waals surface area (Å²) in [6.07, 6.45) is 1.89. The van der Waals surface area contributed by atoms with E-state index >= 15 is 0 Å². The molecule has 0 fully saturated rings. The first-order valence-electron chi connectivity index (χ1n) is 6.96. The zero-order valence-electron chi connectivity index (χ0n) is 11.6. The van der Waals surface area contributed by atoms with E-state index in [2.05, 4.69) is 12.2 Å². The second-order valence-corrected chi connectivity index (χ2v) is 5.29. The van der Waals surface area contributed by atoms with Crippen molar-refractivity contribution in [3.63, 3.8) is 0 Å². The fraction of sp³-hybridized carbons (Fsp3) is 0.294. The number of aromatic hydroxyl groups is 1. The van der Waals surface area contributed by atoms with Crippen LogP contribution in [-0.2, 0) is 6.42 Å². The van der Waals surface area contributed by atoms with Gasteiger partial charge < -0.3 is 10.4 Å². The molecule has 2 N–H and O–H groups in total. The Kier molecular flexibility index (Phi) is 5.45. The van der Waals surface area contributed by atoms with Crippen molar-refractivity contribution < 1.29 is 5.11 Å². The molecule has 0 bridgehead atoms. The number of benzene rings is 2. The molecule has 0 spiro atoms. The molecule has 2 aromatic carbocycles. The summed E-state index contributed by atoms with van der Waals surface area (Å²) in [5, 5.41) is 14.2. The molecule has 1 unspecified atom stereocenters. The standard InChI is InChI=1S/C17H20ClNO/c1-2-16(15-5-3-4-6-17(15)20)19-12-11-13-7-9-14(18)10-8-13/h3-10,16,19-20H,2,11-12H2,1H3. The third kappa shape index (κ3) is 3.99. The molecule has 0 saturated heterocycles. The second-order valence-electron chi connectivity index (χ2n) is 4.85. The maximum Gasteiger partial charge on any atom is 0.120 e. The number of nitrogens with one attached hydrogen (secondary N) is 1. The van der Waals surface area contributed by atoms with E-state index < -0.39 is 0 Å². The van der Waals surface area contributed by atoms with Gasteiger partial charge in [0.1, 0.15) is 5.75 Å². The lowest BCUT2D eigenvalue weighted by molar-refractivity contribution is 0.442. The summed E-state index contributed by atoms with van der Waals surface area (Å²) in [5.74, 6) is 0.360. The molecule has 0 amide bonds. The minimum atomic E-state index is 0.184. The van der Waals surface area contributed by atoms with Crippen LogP contribution in [-0.4, -0.2) is 11.7 Å². The Morgan fingerprint density at radius 2 is 1.80 bits per heavy atom. The second kappa shape index (κ2) is 7.32. The molecule has 0 radical (unpaired) electrons. The van der Waals surface area contributed by atoms with Crippen molar-refractivity contribution in [1.29, 1.82) is 0 Å². The van der Waals surface area contributed by atoms with Gasteiger partial charge in [-0.3, -0.25) is 0 Å². The van der Waals surface area contributed by atoms with Gasteiger partial charge in [0.25, 0.3) is 0 Å². The number of halogens is 1. The van der Waals surface area contributed by atoms with Gasteiger partial charge in [-0.1, -0.05) is 48.9 Å². The van der Waals surface area contributed by atoms with Gasteiger partial charge in [0.15, 0.2) is 0 Å². The van der Waals surface area contributed by atoms with Crippen LogP contribution in [0.4, 0.5) is 0 Å². The molecule has 20 heavy (non-hydrogen) atoms. The molecule has 2 aromatic rings. The Morgan fingerprint density at radius 1 is 1.10 bits per heavy atom. The number of rotatable bonds is 6. The zero-order chi connectivity index (χ0) is 14.4. The Morgan fingerprint density at radius 3 is 2.45 bits per heavy atom. The van der Waals surface area contributed by atoms with Crippen molar-refractivity contribution in [2.45, 2.75) is 25.8 Å². The summed E-state index contributed by atoms with van der Waals surface area (Å²) < 4.78 is 0. The van der Waals surface area contributed by atoms with Crippen LogP contribution < -0.4 is 5.32 Å². The van der Waals surface area contributed by atoms with E-state index in [-0.39, 0.29) is 6.04 Å². The molecule has 0 aliphatic carbocycles. The lowest BCUT2D eigenvalue weighted by atomic mass is 10.0. The minimum absolute atomic E-state index is 0.184. The van der Waals surface area contributed by atoms with Crippen molar-refractivity contribution in [3.05, 3.63) is 64.7 Å². The highest BCUT2D eigenvalue weighted by Crippen LogP contribution is 2.25. The third-order valence-corrected chi connectivity index (χ3v) is 3.69. The maximum absolute atomic E-state index is 9.90. The molecule has 0 aliphatic rings. The van der Waals surface area contributed by atoms with Crippen molar-refractivity contribution in [3.8, 4) is 5.75 Å². The van der Waals surface area contributed by atoms with Crippen LogP contribution in [0.3, 0.4) is 0 Å². The average molecular weight is 290 g/mol. The molecular weight excluding hydrogens is 270 g/mol. The number of hydrogen-bond acceptors (Lipinski definition) is 2. The van der Waals surface area contributed by atoms with Gasteiger partial charge in [-0.2, -0.15) is 0 Å². The molecule has 0 saturated carbocycles. The van der Waals surface area contributed by atoms with Gasteiger partial charge in [0.2, 0.25) is 0 Å². The molecule has 0 heterocycles. The first kappa shape index (κ1) is 14.9. The summed E-state index contributed by atoms with van der Waals surface area (Å²) in [7, 11) is 0. The lowest BCUT2D eigenvalue weighted by Crippen LogP contribution is -2.23. The molecule has 0 aliphatic heterocycles. The summed E-state index contributed by atoms with van der Waals surface area (Å²) in [4.78, 5) is 0. The van der Waals surface area contributed by atoms with Crippen LogP contribution in [0, 0.1) is 0 Å². The summed E-state index contributed by atoms with van der Waals surface area (Å²) in [6, 6.07) is 15.6. The fourth-order valence-electron chi connectivity index (χ4n) is 2.30. The molecular formula is C17H20ClNO. The zero-order valence-corrected chi connectivity index (χ0v) is 12.4. The van der Waals surface area contributed by atoms with E-state index in [4.69, 9.17) is 11.6 Å². The summed E-state index contributed by atoms with van der Waals surface area (Å²) >= 11 is 5.87. The molecule has 0 aromatic heterocycles. The van der Waals surface area contributed by atoms with Crippen molar-refractivity contribution in [2.75, 3.05) is 6.54 Å². The molecule has 1 atom stereocenters. The Balaban J connectivity index is 1.91. The van der Waals surface area contributed by atoms with E-state index in [0.29, 0.717) is 5.75 Å². The Bertz CT molecular complexity index is 539. The van der Waals surface area contributed by atoms with Gasteiger partial charge >= 0.3 is 0 Å².